The van der Waals surface area contributed by atoms with Crippen LogP contribution in [-0.2, 0) is 11.3 Å². The average Bonchev–Trinajstić information content (AvgIpc) is 2.66. The van der Waals surface area contributed by atoms with E-state index < -0.39 is 0 Å². The van der Waals surface area contributed by atoms with Crippen molar-refractivity contribution in [3.05, 3.63) is 11.7 Å². The minimum atomic E-state index is -0.0854. The fraction of sp³-hybridized carbons (Fsp3) is 0.750. The van der Waals surface area contributed by atoms with Gasteiger partial charge in [0.2, 0.25) is 11.7 Å². The lowest BCUT2D eigenvalue weighted by atomic mass is 10.3. The standard InChI is InChI=1S/C8H14N4O2/c1-12-2-3-13-6(5-12)8-10-7(4-9)14-11-8/h6H,2-5,9H2,1H3. The summed E-state index contributed by atoms with van der Waals surface area (Å²) >= 11 is 0. The molecule has 0 amide bonds. The van der Waals surface area contributed by atoms with Gasteiger partial charge < -0.3 is 19.9 Å². The van der Waals surface area contributed by atoms with Crippen molar-refractivity contribution in [2.24, 2.45) is 5.73 Å². The third-order valence-corrected chi connectivity index (χ3v) is 2.22. The number of nitrogens with zero attached hydrogens (tertiary/aromatic N) is 3. The number of rotatable bonds is 2. The zero-order valence-corrected chi connectivity index (χ0v) is 8.14. The average molecular weight is 198 g/mol. The predicted octanol–water partition coefficient (Wildman–Crippen LogP) is -0.469. The van der Waals surface area contributed by atoms with Crippen molar-refractivity contribution in [3.8, 4) is 0 Å². The second-order valence-corrected chi connectivity index (χ2v) is 3.37. The first-order chi connectivity index (χ1) is 6.79. The summed E-state index contributed by atoms with van der Waals surface area (Å²) < 4.78 is 10.4. The largest absolute Gasteiger partial charge is 0.367 e. The van der Waals surface area contributed by atoms with Crippen LogP contribution in [0.3, 0.4) is 0 Å². The van der Waals surface area contributed by atoms with Crippen LogP contribution < -0.4 is 5.73 Å². The molecular weight excluding hydrogens is 184 g/mol. The summed E-state index contributed by atoms with van der Waals surface area (Å²) in [6.45, 7) is 2.71. The van der Waals surface area contributed by atoms with Gasteiger partial charge in [0.1, 0.15) is 6.10 Å². The van der Waals surface area contributed by atoms with Gasteiger partial charge >= 0.3 is 0 Å². The number of aromatic nitrogens is 2. The van der Waals surface area contributed by atoms with E-state index in [-0.39, 0.29) is 12.6 Å². The molecule has 2 N–H and O–H groups in total. The van der Waals surface area contributed by atoms with E-state index in [1.54, 1.807) is 0 Å². The number of likely N-dealkylation sites (N-methyl/N-ethyl adjacent to an activating group) is 1. The Morgan fingerprint density at radius 3 is 3.14 bits per heavy atom. The van der Waals surface area contributed by atoms with Crippen molar-refractivity contribution in [3.63, 3.8) is 0 Å². The quantitative estimate of drug-likeness (QED) is 0.692. The molecule has 0 bridgehead atoms. The number of morpholine rings is 1. The van der Waals surface area contributed by atoms with E-state index in [2.05, 4.69) is 15.0 Å². The zero-order chi connectivity index (χ0) is 9.97. The minimum absolute atomic E-state index is 0.0854. The molecule has 1 aliphatic heterocycles. The molecule has 1 aromatic heterocycles. The lowest BCUT2D eigenvalue weighted by Gasteiger charge is -2.27. The van der Waals surface area contributed by atoms with Crippen molar-refractivity contribution < 1.29 is 9.26 Å². The van der Waals surface area contributed by atoms with Gasteiger partial charge in [-0.15, -0.1) is 0 Å². The molecule has 78 valence electrons. The van der Waals surface area contributed by atoms with Gasteiger partial charge in [0, 0.05) is 13.1 Å². The molecule has 2 rings (SSSR count). The number of hydrogen-bond donors (Lipinski definition) is 1. The minimum Gasteiger partial charge on any atom is -0.367 e. The van der Waals surface area contributed by atoms with E-state index in [9.17, 15) is 0 Å². The van der Waals surface area contributed by atoms with Gasteiger partial charge in [0.15, 0.2) is 0 Å². The molecule has 2 heterocycles. The Morgan fingerprint density at radius 2 is 2.50 bits per heavy atom. The van der Waals surface area contributed by atoms with Gasteiger partial charge in [-0.3, -0.25) is 0 Å². The fourth-order valence-electron chi connectivity index (χ4n) is 1.42. The van der Waals surface area contributed by atoms with Crippen LogP contribution in [0.15, 0.2) is 4.52 Å². The second kappa shape index (κ2) is 4.04. The van der Waals surface area contributed by atoms with E-state index in [4.69, 9.17) is 15.0 Å². The van der Waals surface area contributed by atoms with Crippen molar-refractivity contribution in [1.82, 2.24) is 15.0 Å². The van der Waals surface area contributed by atoms with Crippen LogP contribution in [0.4, 0.5) is 0 Å². The summed E-state index contributed by atoms with van der Waals surface area (Å²) in [5.74, 6) is 1.05. The maximum absolute atomic E-state index is 5.52. The Bertz CT molecular complexity index is 301. The Kier molecular flexibility index (Phi) is 2.76. The van der Waals surface area contributed by atoms with E-state index in [0.29, 0.717) is 18.3 Å². The molecule has 0 radical (unpaired) electrons. The molecule has 1 aromatic rings. The summed E-state index contributed by atoms with van der Waals surface area (Å²) in [5, 5.41) is 3.83. The van der Waals surface area contributed by atoms with Crippen LogP contribution >= 0.6 is 0 Å². The number of hydrogen-bond acceptors (Lipinski definition) is 6. The Labute approximate surface area is 82.0 Å². The molecule has 0 aromatic carbocycles. The lowest BCUT2D eigenvalue weighted by molar-refractivity contribution is -0.0264. The highest BCUT2D eigenvalue weighted by Crippen LogP contribution is 2.18. The van der Waals surface area contributed by atoms with Gasteiger partial charge in [-0.05, 0) is 7.05 Å². The van der Waals surface area contributed by atoms with Gasteiger partial charge in [0.25, 0.3) is 0 Å². The highest BCUT2D eigenvalue weighted by Gasteiger charge is 2.23. The maximum atomic E-state index is 5.52. The molecule has 0 saturated carbocycles. The van der Waals surface area contributed by atoms with Crippen molar-refractivity contribution in [2.75, 3.05) is 26.7 Å². The molecule has 14 heavy (non-hydrogen) atoms. The normalized spacial score (nSPS) is 24.0. The van der Waals surface area contributed by atoms with E-state index in [1.807, 2.05) is 7.05 Å². The molecule has 1 saturated heterocycles. The van der Waals surface area contributed by atoms with Gasteiger partial charge in [-0.2, -0.15) is 4.98 Å². The molecule has 6 nitrogen and oxygen atoms in total. The van der Waals surface area contributed by atoms with E-state index in [0.717, 1.165) is 13.1 Å². The Hall–Kier alpha value is -0.980. The van der Waals surface area contributed by atoms with Crippen LogP contribution in [0, 0.1) is 0 Å². The lowest BCUT2D eigenvalue weighted by Crippen LogP contribution is -2.35. The van der Waals surface area contributed by atoms with Gasteiger partial charge in [-0.1, -0.05) is 5.16 Å². The van der Waals surface area contributed by atoms with E-state index in [1.165, 1.54) is 0 Å². The Morgan fingerprint density at radius 1 is 1.64 bits per heavy atom. The molecule has 1 aliphatic rings. The summed E-state index contributed by atoms with van der Waals surface area (Å²) in [4.78, 5) is 6.31. The molecule has 1 atom stereocenters. The van der Waals surface area contributed by atoms with E-state index >= 15 is 0 Å². The van der Waals surface area contributed by atoms with Gasteiger partial charge in [0.05, 0.1) is 13.2 Å². The summed E-state index contributed by atoms with van der Waals surface area (Å²) in [7, 11) is 2.04. The second-order valence-electron chi connectivity index (χ2n) is 3.37. The number of ether oxygens (including phenoxy) is 1. The van der Waals surface area contributed by atoms with Crippen molar-refractivity contribution >= 4 is 0 Å². The van der Waals surface area contributed by atoms with Crippen molar-refractivity contribution in [1.29, 1.82) is 0 Å². The molecule has 0 spiro atoms. The first-order valence-electron chi connectivity index (χ1n) is 4.62. The van der Waals surface area contributed by atoms with Crippen LogP contribution in [0.5, 0.6) is 0 Å². The molecule has 1 unspecified atom stereocenters. The Balaban J connectivity index is 2.06. The fourth-order valence-corrected chi connectivity index (χ4v) is 1.42. The maximum Gasteiger partial charge on any atom is 0.240 e. The summed E-state index contributed by atoms with van der Waals surface area (Å²) in [5.41, 5.74) is 5.37. The zero-order valence-electron chi connectivity index (χ0n) is 8.14. The van der Waals surface area contributed by atoms with Crippen LogP contribution in [-0.4, -0.2) is 41.8 Å². The first-order valence-corrected chi connectivity index (χ1v) is 4.62. The SMILES string of the molecule is CN1CCOC(c2noc(CN)n2)C1. The van der Waals surface area contributed by atoms with Gasteiger partial charge in [-0.25, -0.2) is 0 Å². The third kappa shape index (κ3) is 1.92. The molecular formula is C8H14N4O2. The highest BCUT2D eigenvalue weighted by atomic mass is 16.5. The summed E-state index contributed by atoms with van der Waals surface area (Å²) in [6, 6.07) is 0. The molecule has 0 aliphatic carbocycles. The van der Waals surface area contributed by atoms with Crippen LogP contribution in [0.2, 0.25) is 0 Å². The predicted molar refractivity (Wildman–Crippen MR) is 48.4 cm³/mol. The topological polar surface area (TPSA) is 77.4 Å². The van der Waals surface area contributed by atoms with Crippen LogP contribution in [0.25, 0.3) is 0 Å². The van der Waals surface area contributed by atoms with Crippen LogP contribution in [0.1, 0.15) is 17.8 Å². The van der Waals surface area contributed by atoms with Crippen molar-refractivity contribution in [2.45, 2.75) is 12.6 Å². The number of nitrogens with two attached hydrogens (primary N) is 1. The monoisotopic (exact) mass is 198 g/mol. The molecule has 6 heteroatoms. The molecule has 1 fully saturated rings. The smallest absolute Gasteiger partial charge is 0.240 e. The first kappa shape index (κ1) is 9.57. The summed E-state index contributed by atoms with van der Waals surface area (Å²) in [6.07, 6.45) is -0.0854. The highest BCUT2D eigenvalue weighted by molar-refractivity contribution is 4.93. The third-order valence-electron chi connectivity index (χ3n) is 2.22.